The average Bonchev–Trinajstić information content (AvgIpc) is 3.54. The molecule has 2 aromatic heterocycles. The van der Waals surface area contributed by atoms with Gasteiger partial charge in [-0.25, -0.2) is 4.39 Å². The number of halogens is 2. The second-order valence-corrected chi connectivity index (χ2v) is 8.15. The first-order valence-corrected chi connectivity index (χ1v) is 10.8. The molecular formula is C23H17ClFN5O4. The molecule has 1 N–H and O–H groups in total. The van der Waals surface area contributed by atoms with Crippen LogP contribution in [0.2, 0.25) is 5.02 Å². The SMILES string of the molecule is O=C(C(=O)N1CCN(C(=O)c2cccc(Cl)c2)CC1)c1c[nH]c2c(-c3ncno3)ccc(F)c12. The second-order valence-electron chi connectivity index (χ2n) is 7.72. The third kappa shape index (κ3) is 3.81. The van der Waals surface area contributed by atoms with Crippen LogP contribution in [0, 0.1) is 5.82 Å². The van der Waals surface area contributed by atoms with E-state index in [9.17, 15) is 18.8 Å². The van der Waals surface area contributed by atoms with E-state index in [0.717, 1.165) is 0 Å². The number of hydrogen-bond donors (Lipinski definition) is 1. The third-order valence-corrected chi connectivity index (χ3v) is 5.98. The average molecular weight is 482 g/mol. The Kier molecular flexibility index (Phi) is 5.58. The fourth-order valence-electron chi connectivity index (χ4n) is 4.03. The topological polar surface area (TPSA) is 112 Å². The van der Waals surface area contributed by atoms with Gasteiger partial charge in [-0.3, -0.25) is 14.4 Å². The molecule has 1 aliphatic rings. The maximum atomic E-state index is 14.7. The van der Waals surface area contributed by atoms with Crippen LogP contribution in [0.3, 0.4) is 0 Å². The zero-order valence-corrected chi connectivity index (χ0v) is 18.4. The van der Waals surface area contributed by atoms with Crippen molar-refractivity contribution in [3.8, 4) is 11.5 Å². The lowest BCUT2D eigenvalue weighted by Gasteiger charge is -2.34. The number of fused-ring (bicyclic) bond motifs is 1. The number of rotatable bonds is 4. The monoisotopic (exact) mass is 481 g/mol. The number of Topliss-reactive ketones (excluding diaryl/α,β-unsaturated/α-hetero) is 1. The number of carbonyl (C=O) groups excluding carboxylic acids is 3. The van der Waals surface area contributed by atoms with Crippen molar-refractivity contribution in [2.24, 2.45) is 0 Å². The Hall–Kier alpha value is -4.05. The lowest BCUT2D eigenvalue weighted by atomic mass is 10.0. The molecule has 3 heterocycles. The number of hydrogen-bond acceptors (Lipinski definition) is 6. The van der Waals surface area contributed by atoms with Crippen molar-refractivity contribution in [2.75, 3.05) is 26.2 Å². The predicted molar refractivity (Wildman–Crippen MR) is 120 cm³/mol. The molecule has 2 amide bonds. The van der Waals surface area contributed by atoms with Gasteiger partial charge in [-0.15, -0.1) is 0 Å². The van der Waals surface area contributed by atoms with Crippen LogP contribution in [-0.2, 0) is 4.79 Å². The summed E-state index contributed by atoms with van der Waals surface area (Å²) in [5.74, 6) is -2.32. The van der Waals surface area contributed by atoms with Gasteiger partial charge in [-0.1, -0.05) is 22.8 Å². The summed E-state index contributed by atoms with van der Waals surface area (Å²) < 4.78 is 19.7. The lowest BCUT2D eigenvalue weighted by molar-refractivity contribution is -0.127. The highest BCUT2D eigenvalue weighted by Gasteiger charge is 2.31. The summed E-state index contributed by atoms with van der Waals surface area (Å²) in [5.41, 5.74) is 1.05. The van der Waals surface area contributed by atoms with E-state index in [1.54, 1.807) is 29.2 Å². The Morgan fingerprint density at radius 1 is 1.06 bits per heavy atom. The molecule has 0 spiro atoms. The van der Waals surface area contributed by atoms with Gasteiger partial charge in [0.2, 0.25) is 0 Å². The highest BCUT2D eigenvalue weighted by atomic mass is 35.5. The number of nitrogens with zero attached hydrogens (tertiary/aromatic N) is 4. The van der Waals surface area contributed by atoms with Gasteiger partial charge in [0.25, 0.3) is 23.5 Å². The van der Waals surface area contributed by atoms with Gasteiger partial charge in [-0.05, 0) is 30.3 Å². The Morgan fingerprint density at radius 2 is 1.82 bits per heavy atom. The number of carbonyl (C=O) groups is 3. The van der Waals surface area contributed by atoms with Crippen LogP contribution in [0.1, 0.15) is 20.7 Å². The van der Waals surface area contributed by atoms with E-state index >= 15 is 0 Å². The standard InChI is InChI=1S/C23H17ClFN5O4/c24-14-3-1-2-13(10-14)22(32)29-6-8-30(9-7-29)23(33)20(31)16-11-26-19-15(21-27-12-28-34-21)4-5-17(25)18(16)19/h1-5,10-12,26H,6-9H2. The maximum Gasteiger partial charge on any atom is 0.295 e. The normalized spacial score (nSPS) is 13.9. The molecule has 0 saturated carbocycles. The largest absolute Gasteiger partial charge is 0.360 e. The Labute approximate surface area is 197 Å². The van der Waals surface area contributed by atoms with Crippen LogP contribution in [0.4, 0.5) is 4.39 Å². The van der Waals surface area contributed by atoms with Crippen molar-refractivity contribution in [3.63, 3.8) is 0 Å². The number of aromatic amines is 1. The van der Waals surface area contributed by atoms with Crippen LogP contribution in [0.15, 0.2) is 53.4 Å². The predicted octanol–water partition coefficient (Wildman–Crippen LogP) is 3.18. The maximum absolute atomic E-state index is 14.7. The highest BCUT2D eigenvalue weighted by molar-refractivity contribution is 6.45. The summed E-state index contributed by atoms with van der Waals surface area (Å²) in [6, 6.07) is 9.25. The van der Waals surface area contributed by atoms with Crippen LogP contribution in [0.25, 0.3) is 22.4 Å². The Balaban J connectivity index is 1.33. The zero-order chi connectivity index (χ0) is 23.8. The van der Waals surface area contributed by atoms with E-state index in [1.165, 1.54) is 29.6 Å². The van der Waals surface area contributed by atoms with Crippen molar-refractivity contribution >= 4 is 40.1 Å². The van der Waals surface area contributed by atoms with E-state index in [2.05, 4.69) is 15.1 Å². The molecule has 2 aromatic carbocycles. The number of piperazine rings is 1. The van der Waals surface area contributed by atoms with Gasteiger partial charge in [0, 0.05) is 48.3 Å². The van der Waals surface area contributed by atoms with Gasteiger partial charge < -0.3 is 19.3 Å². The molecule has 5 rings (SSSR count). The Bertz CT molecular complexity index is 1410. The second kappa shape index (κ2) is 8.71. The number of nitrogens with one attached hydrogen (secondary N) is 1. The molecule has 1 saturated heterocycles. The fourth-order valence-corrected chi connectivity index (χ4v) is 4.22. The molecule has 1 aliphatic heterocycles. The summed E-state index contributed by atoms with van der Waals surface area (Å²) in [5, 5.41) is 3.98. The first-order valence-electron chi connectivity index (χ1n) is 10.4. The molecule has 11 heteroatoms. The molecule has 0 bridgehead atoms. The molecule has 0 unspecified atom stereocenters. The van der Waals surface area contributed by atoms with Crippen LogP contribution in [-0.4, -0.2) is 68.7 Å². The molecule has 1 fully saturated rings. The van der Waals surface area contributed by atoms with E-state index in [1.807, 2.05) is 0 Å². The van der Waals surface area contributed by atoms with Crippen LogP contribution in [0.5, 0.6) is 0 Å². The van der Waals surface area contributed by atoms with Crippen LogP contribution >= 0.6 is 11.6 Å². The van der Waals surface area contributed by atoms with Gasteiger partial charge in [0.05, 0.1) is 16.6 Å². The summed E-state index contributed by atoms with van der Waals surface area (Å²) in [7, 11) is 0. The first kappa shape index (κ1) is 21.8. The van der Waals surface area contributed by atoms with Gasteiger partial charge >= 0.3 is 0 Å². The quantitative estimate of drug-likeness (QED) is 0.354. The fraction of sp³-hybridized carbons (Fsp3) is 0.174. The smallest absolute Gasteiger partial charge is 0.295 e. The Morgan fingerprint density at radius 3 is 2.53 bits per heavy atom. The summed E-state index contributed by atoms with van der Waals surface area (Å²) in [6.07, 6.45) is 2.51. The lowest BCUT2D eigenvalue weighted by Crippen LogP contribution is -2.52. The molecule has 0 aliphatic carbocycles. The summed E-state index contributed by atoms with van der Waals surface area (Å²) in [6.45, 7) is 0.867. The van der Waals surface area contributed by atoms with Crippen molar-refractivity contribution in [1.82, 2.24) is 24.9 Å². The van der Waals surface area contributed by atoms with E-state index in [0.29, 0.717) is 16.1 Å². The minimum absolute atomic E-state index is 0.0242. The van der Waals surface area contributed by atoms with Gasteiger partial charge in [0.1, 0.15) is 5.82 Å². The zero-order valence-electron chi connectivity index (χ0n) is 17.6. The summed E-state index contributed by atoms with van der Waals surface area (Å²) in [4.78, 5) is 48.4. The number of ketones is 1. The van der Waals surface area contributed by atoms with Crippen molar-refractivity contribution in [1.29, 1.82) is 0 Å². The minimum Gasteiger partial charge on any atom is -0.360 e. The number of benzene rings is 2. The minimum atomic E-state index is -0.845. The highest BCUT2D eigenvalue weighted by Crippen LogP contribution is 2.31. The number of amides is 2. The number of aromatic nitrogens is 3. The molecular weight excluding hydrogens is 465 g/mol. The van der Waals surface area contributed by atoms with E-state index < -0.39 is 17.5 Å². The van der Waals surface area contributed by atoms with E-state index in [4.69, 9.17) is 16.1 Å². The molecule has 34 heavy (non-hydrogen) atoms. The molecule has 4 aromatic rings. The van der Waals surface area contributed by atoms with Crippen molar-refractivity contribution in [2.45, 2.75) is 0 Å². The van der Waals surface area contributed by atoms with Gasteiger partial charge in [-0.2, -0.15) is 4.98 Å². The molecule has 9 nitrogen and oxygen atoms in total. The van der Waals surface area contributed by atoms with Gasteiger partial charge in [0.15, 0.2) is 6.33 Å². The van der Waals surface area contributed by atoms with E-state index in [-0.39, 0.29) is 54.4 Å². The molecule has 0 atom stereocenters. The van der Waals surface area contributed by atoms with Crippen molar-refractivity contribution in [3.05, 3.63) is 70.9 Å². The van der Waals surface area contributed by atoms with Crippen molar-refractivity contribution < 1.29 is 23.3 Å². The number of H-pyrrole nitrogens is 1. The molecule has 172 valence electrons. The molecule has 0 radical (unpaired) electrons. The van der Waals surface area contributed by atoms with Crippen LogP contribution < -0.4 is 0 Å². The first-order chi connectivity index (χ1) is 16.4. The third-order valence-electron chi connectivity index (χ3n) is 5.74. The summed E-state index contributed by atoms with van der Waals surface area (Å²) >= 11 is 5.97.